The zero-order valence-electron chi connectivity index (χ0n) is 10.8. The molecule has 0 radical (unpaired) electrons. The van der Waals surface area contributed by atoms with Crippen molar-refractivity contribution < 1.29 is 14.3 Å². The van der Waals surface area contributed by atoms with Gasteiger partial charge in [-0.1, -0.05) is 29.3 Å². The van der Waals surface area contributed by atoms with Crippen LogP contribution in [0.15, 0.2) is 18.2 Å². The van der Waals surface area contributed by atoms with Crippen molar-refractivity contribution in [1.82, 2.24) is 5.32 Å². The van der Waals surface area contributed by atoms with Gasteiger partial charge in [0.25, 0.3) is 0 Å². The number of ether oxygens (including phenoxy) is 2. The Morgan fingerprint density at radius 2 is 2.00 bits per heavy atom. The molecular formula is C14H15Cl2NO3. The third-order valence-corrected chi connectivity index (χ3v) is 4.69. The summed E-state index contributed by atoms with van der Waals surface area (Å²) in [6.45, 7) is 1.85. The summed E-state index contributed by atoms with van der Waals surface area (Å²) >= 11 is 12.0. The normalized spacial score (nSPS) is 26.4. The van der Waals surface area contributed by atoms with E-state index in [0.29, 0.717) is 42.6 Å². The van der Waals surface area contributed by atoms with Crippen LogP contribution < -0.4 is 5.32 Å². The first-order chi connectivity index (χ1) is 9.62. The molecule has 1 aromatic rings. The van der Waals surface area contributed by atoms with Crippen LogP contribution in [0.25, 0.3) is 0 Å². The van der Waals surface area contributed by atoms with Crippen LogP contribution >= 0.6 is 23.2 Å². The highest BCUT2D eigenvalue weighted by molar-refractivity contribution is 6.42. The Labute approximate surface area is 127 Å². The topological polar surface area (TPSA) is 47.6 Å². The molecule has 1 N–H and O–H groups in total. The van der Waals surface area contributed by atoms with E-state index >= 15 is 0 Å². The molecule has 1 atom stereocenters. The summed E-state index contributed by atoms with van der Waals surface area (Å²) < 4.78 is 10.9. The zero-order valence-corrected chi connectivity index (χ0v) is 12.3. The van der Waals surface area contributed by atoms with Gasteiger partial charge in [-0.2, -0.15) is 0 Å². The van der Waals surface area contributed by atoms with Gasteiger partial charge >= 0.3 is 0 Å². The van der Waals surface area contributed by atoms with E-state index in [2.05, 4.69) is 5.32 Å². The molecule has 2 aliphatic rings. The van der Waals surface area contributed by atoms with Crippen LogP contribution in [0.3, 0.4) is 0 Å². The molecule has 108 valence electrons. The number of amides is 1. The van der Waals surface area contributed by atoms with Gasteiger partial charge in [-0.25, -0.2) is 0 Å². The lowest BCUT2D eigenvalue weighted by atomic mass is 9.71. The van der Waals surface area contributed by atoms with E-state index in [1.54, 1.807) is 12.1 Å². The number of hydrogen-bond donors (Lipinski definition) is 1. The van der Waals surface area contributed by atoms with Crippen molar-refractivity contribution in [2.24, 2.45) is 0 Å². The molecule has 3 rings (SSSR count). The lowest BCUT2D eigenvalue weighted by molar-refractivity contribution is -0.135. The Hall–Kier alpha value is -0.810. The zero-order chi connectivity index (χ0) is 14.2. The lowest BCUT2D eigenvalue weighted by Crippen LogP contribution is -2.62. The van der Waals surface area contributed by atoms with Crippen molar-refractivity contribution in [1.29, 1.82) is 0 Å². The summed E-state index contributed by atoms with van der Waals surface area (Å²) in [5.41, 5.74) is 0.359. The maximum absolute atomic E-state index is 12.1. The average Bonchev–Trinajstić information content (AvgIpc) is 2.94. The highest BCUT2D eigenvalue weighted by Gasteiger charge is 2.48. The summed E-state index contributed by atoms with van der Waals surface area (Å²) in [5.74, 6) is 0.0221. The Morgan fingerprint density at radius 1 is 1.25 bits per heavy atom. The summed E-state index contributed by atoms with van der Waals surface area (Å²) in [5, 5.41) is 3.77. The van der Waals surface area contributed by atoms with Crippen molar-refractivity contribution in [3.63, 3.8) is 0 Å². The maximum Gasteiger partial charge on any atom is 0.232 e. The average molecular weight is 316 g/mol. The molecule has 0 spiro atoms. The van der Waals surface area contributed by atoms with Crippen LogP contribution in [0, 0.1) is 0 Å². The fourth-order valence-electron chi connectivity index (χ4n) is 2.69. The van der Waals surface area contributed by atoms with Crippen molar-refractivity contribution in [3.8, 4) is 0 Å². The molecule has 2 heterocycles. The van der Waals surface area contributed by atoms with Crippen LogP contribution in [-0.2, 0) is 19.7 Å². The number of halogens is 2. The number of carbonyl (C=O) groups is 1. The largest absolute Gasteiger partial charge is 0.354 e. The number of nitrogens with one attached hydrogen (secondary N) is 1. The maximum atomic E-state index is 12.1. The minimum absolute atomic E-state index is 0.0221. The first-order valence-corrected chi connectivity index (χ1v) is 7.34. The van der Waals surface area contributed by atoms with Gasteiger partial charge in [0.2, 0.25) is 5.91 Å². The van der Waals surface area contributed by atoms with E-state index in [1.807, 2.05) is 6.07 Å². The summed E-state index contributed by atoms with van der Waals surface area (Å²) in [4.78, 5) is 12.1. The van der Waals surface area contributed by atoms with Crippen LogP contribution in [0.1, 0.15) is 18.4 Å². The first kappa shape index (κ1) is 14.1. The van der Waals surface area contributed by atoms with Gasteiger partial charge in [0.15, 0.2) is 6.29 Å². The molecule has 6 heteroatoms. The van der Waals surface area contributed by atoms with E-state index in [1.165, 1.54) is 0 Å². The highest BCUT2D eigenvalue weighted by Crippen LogP contribution is 2.38. The van der Waals surface area contributed by atoms with Crippen LogP contribution in [-0.4, -0.2) is 32.0 Å². The minimum Gasteiger partial charge on any atom is -0.354 e. The molecule has 1 unspecified atom stereocenters. The number of carbonyl (C=O) groups excluding carboxylic acids is 1. The van der Waals surface area contributed by atoms with Gasteiger partial charge < -0.3 is 14.8 Å². The fraction of sp³-hybridized carbons (Fsp3) is 0.500. The van der Waals surface area contributed by atoms with Crippen molar-refractivity contribution in [3.05, 3.63) is 33.8 Å². The molecule has 0 bridgehead atoms. The SMILES string of the molecule is O=C1NCC1(CCC1OCCO1)c1ccc(Cl)c(Cl)c1. The molecule has 4 nitrogen and oxygen atoms in total. The highest BCUT2D eigenvalue weighted by atomic mass is 35.5. The minimum atomic E-state index is -0.538. The third-order valence-electron chi connectivity index (χ3n) is 3.96. The van der Waals surface area contributed by atoms with Gasteiger partial charge in [0.05, 0.1) is 28.7 Å². The van der Waals surface area contributed by atoms with Crippen LogP contribution in [0.5, 0.6) is 0 Å². The van der Waals surface area contributed by atoms with Crippen LogP contribution in [0.4, 0.5) is 0 Å². The molecule has 20 heavy (non-hydrogen) atoms. The van der Waals surface area contributed by atoms with E-state index < -0.39 is 5.41 Å². The molecule has 0 saturated carbocycles. The van der Waals surface area contributed by atoms with Gasteiger partial charge in [-0.15, -0.1) is 0 Å². The van der Waals surface area contributed by atoms with Crippen LogP contribution in [0.2, 0.25) is 10.0 Å². The predicted molar refractivity (Wildman–Crippen MR) is 76.1 cm³/mol. The molecular weight excluding hydrogens is 301 g/mol. The van der Waals surface area contributed by atoms with E-state index in [-0.39, 0.29) is 12.2 Å². The fourth-order valence-corrected chi connectivity index (χ4v) is 2.98. The van der Waals surface area contributed by atoms with E-state index in [4.69, 9.17) is 32.7 Å². The Balaban J connectivity index is 1.80. The number of hydrogen-bond acceptors (Lipinski definition) is 3. The second-order valence-electron chi connectivity index (χ2n) is 5.10. The quantitative estimate of drug-likeness (QED) is 0.868. The van der Waals surface area contributed by atoms with Gasteiger partial charge in [-0.05, 0) is 30.5 Å². The molecule has 1 amide bonds. The summed E-state index contributed by atoms with van der Waals surface area (Å²) in [6, 6.07) is 5.37. The van der Waals surface area contributed by atoms with Gasteiger partial charge in [-0.3, -0.25) is 4.79 Å². The number of β-lactam (4-membered cyclic amide) rings is 1. The summed E-state index contributed by atoms with van der Waals surface area (Å²) in [7, 11) is 0. The second-order valence-corrected chi connectivity index (χ2v) is 5.92. The second kappa shape index (κ2) is 5.53. The number of rotatable bonds is 4. The molecule has 1 aromatic carbocycles. The standard InChI is InChI=1S/C14H15Cl2NO3/c15-10-2-1-9(7-11(10)16)14(8-17-13(14)18)4-3-12-19-5-6-20-12/h1-2,7,12H,3-6,8H2,(H,17,18). The molecule has 0 aromatic heterocycles. The predicted octanol–water partition coefficient (Wildman–Crippen LogP) is 2.51. The number of benzene rings is 1. The van der Waals surface area contributed by atoms with E-state index in [0.717, 1.165) is 5.56 Å². The van der Waals surface area contributed by atoms with Gasteiger partial charge in [0.1, 0.15) is 0 Å². The Morgan fingerprint density at radius 3 is 2.55 bits per heavy atom. The van der Waals surface area contributed by atoms with Gasteiger partial charge in [0, 0.05) is 6.54 Å². The lowest BCUT2D eigenvalue weighted by Gasteiger charge is -2.41. The summed E-state index contributed by atoms with van der Waals surface area (Å²) in [6.07, 6.45) is 1.15. The molecule has 2 fully saturated rings. The molecule has 0 aliphatic carbocycles. The smallest absolute Gasteiger partial charge is 0.232 e. The first-order valence-electron chi connectivity index (χ1n) is 6.59. The third kappa shape index (κ3) is 2.42. The molecule has 2 saturated heterocycles. The van der Waals surface area contributed by atoms with Crippen molar-refractivity contribution in [2.45, 2.75) is 24.5 Å². The van der Waals surface area contributed by atoms with Crippen molar-refractivity contribution >= 4 is 29.1 Å². The Kier molecular flexibility index (Phi) is 3.91. The monoisotopic (exact) mass is 315 g/mol. The van der Waals surface area contributed by atoms with Crippen molar-refractivity contribution in [2.75, 3.05) is 19.8 Å². The molecule has 2 aliphatic heterocycles. The van der Waals surface area contributed by atoms with E-state index in [9.17, 15) is 4.79 Å². The Bertz CT molecular complexity index is 531.